The number of benzene rings is 1. The second kappa shape index (κ2) is 7.02. The van der Waals surface area contributed by atoms with Crippen molar-refractivity contribution in [2.75, 3.05) is 24.5 Å². The minimum absolute atomic E-state index is 0.150. The Morgan fingerprint density at radius 1 is 1.10 bits per heavy atom. The highest BCUT2D eigenvalue weighted by Gasteiger charge is 2.19. The molecule has 1 aliphatic rings. The van der Waals surface area contributed by atoms with Crippen molar-refractivity contribution in [3.05, 3.63) is 29.3 Å². The van der Waals surface area contributed by atoms with E-state index in [4.69, 9.17) is 0 Å². The first kappa shape index (κ1) is 15.2. The third kappa shape index (κ3) is 3.92. The van der Waals surface area contributed by atoms with Crippen LogP contribution in [0.3, 0.4) is 0 Å². The summed E-state index contributed by atoms with van der Waals surface area (Å²) in [5.74, 6) is -0.348. The number of piperidine rings is 1. The zero-order valence-corrected chi connectivity index (χ0v) is 12.4. The largest absolute Gasteiger partial charge is 0.367 e. The van der Waals surface area contributed by atoms with Crippen molar-refractivity contribution in [2.45, 2.75) is 39.7 Å². The molecule has 0 spiro atoms. The highest BCUT2D eigenvalue weighted by molar-refractivity contribution is 5.51. The summed E-state index contributed by atoms with van der Waals surface area (Å²) >= 11 is 0. The van der Waals surface area contributed by atoms with E-state index in [0.29, 0.717) is 18.0 Å². The van der Waals surface area contributed by atoms with E-state index >= 15 is 0 Å². The van der Waals surface area contributed by atoms with Gasteiger partial charge in [-0.3, -0.25) is 0 Å². The third-order valence-corrected chi connectivity index (χ3v) is 3.63. The maximum atomic E-state index is 14.2. The summed E-state index contributed by atoms with van der Waals surface area (Å²) in [5.41, 5.74) is 0.818. The van der Waals surface area contributed by atoms with Gasteiger partial charge in [0.2, 0.25) is 0 Å². The first-order chi connectivity index (χ1) is 9.58. The highest BCUT2D eigenvalue weighted by atomic mass is 19.1. The van der Waals surface area contributed by atoms with Gasteiger partial charge in [0.1, 0.15) is 17.3 Å². The molecule has 1 saturated heterocycles. The Labute approximate surface area is 120 Å². The molecule has 0 atom stereocenters. The van der Waals surface area contributed by atoms with Gasteiger partial charge in [-0.1, -0.05) is 13.8 Å². The molecular weight excluding hydrogens is 258 g/mol. The van der Waals surface area contributed by atoms with Gasteiger partial charge in [0, 0.05) is 19.6 Å². The van der Waals surface area contributed by atoms with Crippen molar-refractivity contribution in [1.29, 1.82) is 0 Å². The third-order valence-electron chi connectivity index (χ3n) is 3.63. The smallest absolute Gasteiger partial charge is 0.149 e. The van der Waals surface area contributed by atoms with Crippen molar-refractivity contribution in [1.82, 2.24) is 5.32 Å². The summed E-state index contributed by atoms with van der Waals surface area (Å²) in [4.78, 5) is 1.83. The zero-order chi connectivity index (χ0) is 14.5. The summed E-state index contributed by atoms with van der Waals surface area (Å²) < 4.78 is 28.3. The Bertz CT molecular complexity index is 417. The Kier molecular flexibility index (Phi) is 5.35. The molecule has 2 nitrogen and oxygen atoms in total. The molecular formula is C16H24F2N2. The van der Waals surface area contributed by atoms with E-state index in [1.807, 2.05) is 4.90 Å². The lowest BCUT2D eigenvalue weighted by atomic mass is 10.1. The second-order valence-electron chi connectivity index (χ2n) is 5.98. The van der Waals surface area contributed by atoms with Gasteiger partial charge in [0.25, 0.3) is 0 Å². The van der Waals surface area contributed by atoms with Crippen LogP contribution in [0.5, 0.6) is 0 Å². The molecule has 0 amide bonds. The maximum absolute atomic E-state index is 14.2. The molecule has 0 aliphatic carbocycles. The number of halogens is 2. The molecule has 4 heteroatoms. The van der Waals surface area contributed by atoms with Gasteiger partial charge >= 0.3 is 0 Å². The van der Waals surface area contributed by atoms with Crippen LogP contribution >= 0.6 is 0 Å². The van der Waals surface area contributed by atoms with Gasteiger partial charge in [0.15, 0.2) is 0 Å². The fraction of sp³-hybridized carbons (Fsp3) is 0.625. The average molecular weight is 282 g/mol. The average Bonchev–Trinajstić information content (AvgIpc) is 2.38. The van der Waals surface area contributed by atoms with Gasteiger partial charge in [-0.25, -0.2) is 8.78 Å². The number of nitrogens with zero attached hydrogens (tertiary/aromatic N) is 1. The number of hydrogen-bond donors (Lipinski definition) is 1. The second-order valence-corrected chi connectivity index (χ2v) is 5.98. The van der Waals surface area contributed by atoms with E-state index in [-0.39, 0.29) is 5.69 Å². The fourth-order valence-electron chi connectivity index (χ4n) is 2.64. The molecule has 0 radical (unpaired) electrons. The number of anilines is 1. The molecule has 112 valence electrons. The van der Waals surface area contributed by atoms with Gasteiger partial charge in [-0.05, 0) is 49.4 Å². The van der Waals surface area contributed by atoms with E-state index in [9.17, 15) is 8.78 Å². The van der Waals surface area contributed by atoms with E-state index in [2.05, 4.69) is 19.2 Å². The molecule has 0 aromatic heterocycles. The van der Waals surface area contributed by atoms with Gasteiger partial charge < -0.3 is 10.2 Å². The highest BCUT2D eigenvalue weighted by Crippen LogP contribution is 2.27. The van der Waals surface area contributed by atoms with Crippen LogP contribution in [0, 0.1) is 17.6 Å². The molecule has 1 aromatic rings. The molecule has 1 aliphatic heterocycles. The van der Waals surface area contributed by atoms with Crippen molar-refractivity contribution < 1.29 is 8.78 Å². The predicted molar refractivity (Wildman–Crippen MR) is 79.0 cm³/mol. The van der Waals surface area contributed by atoms with E-state index < -0.39 is 11.6 Å². The predicted octanol–water partition coefficient (Wildman–Crippen LogP) is 3.70. The molecule has 1 fully saturated rings. The molecule has 20 heavy (non-hydrogen) atoms. The van der Waals surface area contributed by atoms with Crippen LogP contribution in [0.15, 0.2) is 12.1 Å². The summed E-state index contributed by atoms with van der Waals surface area (Å²) in [7, 11) is 0. The molecule has 0 unspecified atom stereocenters. The minimum atomic E-state index is -0.437. The topological polar surface area (TPSA) is 15.3 Å². The van der Waals surface area contributed by atoms with Crippen LogP contribution < -0.4 is 10.2 Å². The van der Waals surface area contributed by atoms with Crippen molar-refractivity contribution in [3.8, 4) is 0 Å². The quantitative estimate of drug-likeness (QED) is 0.886. The minimum Gasteiger partial charge on any atom is -0.367 e. The Hall–Kier alpha value is -1.16. The lowest BCUT2D eigenvalue weighted by Gasteiger charge is -2.29. The Morgan fingerprint density at radius 2 is 1.70 bits per heavy atom. The van der Waals surface area contributed by atoms with Crippen LogP contribution in [0.25, 0.3) is 0 Å². The number of rotatable bonds is 5. The van der Waals surface area contributed by atoms with Crippen molar-refractivity contribution in [2.24, 2.45) is 5.92 Å². The zero-order valence-electron chi connectivity index (χ0n) is 12.4. The Balaban J connectivity index is 2.07. The molecule has 0 saturated carbocycles. The first-order valence-corrected chi connectivity index (χ1v) is 7.51. The molecule has 0 bridgehead atoms. The van der Waals surface area contributed by atoms with Gasteiger partial charge in [0.05, 0.1) is 0 Å². The summed E-state index contributed by atoms with van der Waals surface area (Å²) in [6.45, 7) is 7.06. The number of nitrogens with one attached hydrogen (secondary N) is 1. The van der Waals surface area contributed by atoms with Gasteiger partial charge in [-0.2, -0.15) is 0 Å². The van der Waals surface area contributed by atoms with Crippen LogP contribution in [0.2, 0.25) is 0 Å². The summed E-state index contributed by atoms with van der Waals surface area (Å²) in [6.07, 6.45) is 3.17. The van der Waals surface area contributed by atoms with Crippen LogP contribution in [0.4, 0.5) is 14.5 Å². The monoisotopic (exact) mass is 282 g/mol. The Morgan fingerprint density at radius 3 is 2.25 bits per heavy atom. The van der Waals surface area contributed by atoms with Crippen LogP contribution in [-0.4, -0.2) is 19.6 Å². The van der Waals surface area contributed by atoms with Crippen LogP contribution in [0.1, 0.15) is 38.7 Å². The summed E-state index contributed by atoms with van der Waals surface area (Å²) in [6, 6.07) is 2.92. The lowest BCUT2D eigenvalue weighted by molar-refractivity contribution is 0.523. The molecule has 1 aromatic carbocycles. The molecule has 2 rings (SSSR count). The normalized spacial score (nSPS) is 15.9. The van der Waals surface area contributed by atoms with E-state index in [0.717, 1.165) is 38.9 Å². The lowest BCUT2D eigenvalue weighted by Crippen LogP contribution is -2.31. The van der Waals surface area contributed by atoms with E-state index in [1.54, 1.807) is 0 Å². The van der Waals surface area contributed by atoms with Gasteiger partial charge in [-0.15, -0.1) is 0 Å². The van der Waals surface area contributed by atoms with Crippen molar-refractivity contribution in [3.63, 3.8) is 0 Å². The fourth-order valence-corrected chi connectivity index (χ4v) is 2.64. The van der Waals surface area contributed by atoms with Crippen LogP contribution in [-0.2, 0) is 6.54 Å². The number of hydrogen-bond acceptors (Lipinski definition) is 2. The van der Waals surface area contributed by atoms with Crippen molar-refractivity contribution >= 4 is 5.69 Å². The first-order valence-electron chi connectivity index (χ1n) is 7.51. The SMILES string of the molecule is CC(C)CNCc1cc(F)c(N2CCCCC2)c(F)c1. The maximum Gasteiger partial charge on any atom is 0.149 e. The molecule has 1 N–H and O–H groups in total. The molecule has 1 heterocycles. The van der Waals surface area contributed by atoms with E-state index in [1.165, 1.54) is 12.1 Å². The summed E-state index contributed by atoms with van der Waals surface area (Å²) in [5, 5.41) is 3.21. The standard InChI is InChI=1S/C16H24F2N2/c1-12(2)10-19-11-13-8-14(17)16(15(18)9-13)20-6-4-3-5-7-20/h8-9,12,19H,3-7,10-11H2,1-2H3.